The van der Waals surface area contributed by atoms with Crippen molar-refractivity contribution < 1.29 is 9.90 Å². The molecule has 0 saturated carbocycles. The van der Waals surface area contributed by atoms with Crippen LogP contribution in [0.2, 0.25) is 0 Å². The first-order chi connectivity index (χ1) is 9.41. The van der Waals surface area contributed by atoms with E-state index in [1.807, 2.05) is 0 Å². The molecule has 1 fully saturated rings. The Morgan fingerprint density at radius 1 is 1.50 bits per heavy atom. The number of aromatic nitrogens is 1. The number of hydrogen-bond donors (Lipinski definition) is 3. The van der Waals surface area contributed by atoms with Gasteiger partial charge in [-0.3, -0.25) is 14.3 Å². The lowest BCUT2D eigenvalue weighted by Crippen LogP contribution is -2.67. The molecule has 2 unspecified atom stereocenters. The van der Waals surface area contributed by atoms with Crippen LogP contribution in [0.1, 0.15) is 23.3 Å². The van der Waals surface area contributed by atoms with E-state index in [-0.39, 0.29) is 11.9 Å². The molecule has 4 rings (SSSR count). The maximum absolute atomic E-state index is 12.6. The molecule has 0 radical (unpaired) electrons. The van der Waals surface area contributed by atoms with Crippen LogP contribution in [0.15, 0.2) is 20.1 Å². The van der Waals surface area contributed by atoms with Gasteiger partial charge in [0, 0.05) is 13.0 Å². The van der Waals surface area contributed by atoms with Gasteiger partial charge in [0.1, 0.15) is 10.3 Å². The Morgan fingerprint density at radius 2 is 2.25 bits per heavy atom. The van der Waals surface area contributed by atoms with E-state index in [0.29, 0.717) is 29.7 Å². The molecule has 20 heavy (non-hydrogen) atoms. The summed E-state index contributed by atoms with van der Waals surface area (Å²) in [4.78, 5) is 18.6. The van der Waals surface area contributed by atoms with Crippen LogP contribution in [0.4, 0.5) is 0 Å². The van der Waals surface area contributed by atoms with Crippen LogP contribution in [0.3, 0.4) is 0 Å². The van der Waals surface area contributed by atoms with E-state index in [4.69, 9.17) is 5.73 Å². The summed E-state index contributed by atoms with van der Waals surface area (Å²) in [6.07, 6.45) is 1.14. The van der Waals surface area contributed by atoms with Gasteiger partial charge in [0.2, 0.25) is 5.72 Å². The molecule has 2 atom stereocenters. The number of amides is 1. The second-order valence-corrected chi connectivity index (χ2v) is 6.79. The van der Waals surface area contributed by atoms with Crippen LogP contribution < -0.4 is 11.1 Å². The van der Waals surface area contributed by atoms with Gasteiger partial charge in [-0.05, 0) is 44.3 Å². The van der Waals surface area contributed by atoms with Crippen molar-refractivity contribution in [1.29, 1.82) is 0 Å². The third-order valence-electron chi connectivity index (χ3n) is 4.14. The molecule has 0 aliphatic carbocycles. The first-order valence-corrected chi connectivity index (χ1v) is 7.74. The van der Waals surface area contributed by atoms with Gasteiger partial charge >= 0.3 is 0 Å². The molecule has 4 N–H and O–H groups in total. The third kappa shape index (κ3) is 1.16. The number of nitrogens with zero attached hydrogens (tertiary/aromatic N) is 3. The van der Waals surface area contributed by atoms with Gasteiger partial charge in [0.05, 0.1) is 4.47 Å². The molecule has 0 bridgehead atoms. The van der Waals surface area contributed by atoms with Gasteiger partial charge in [-0.15, -0.1) is 0 Å². The third-order valence-corrected chi connectivity index (χ3v) is 6.05. The fourth-order valence-corrected chi connectivity index (χ4v) is 4.35. The molecule has 1 amide bonds. The summed E-state index contributed by atoms with van der Waals surface area (Å²) in [7, 11) is 0. The molecular formula is C11H11Br2N5O2. The van der Waals surface area contributed by atoms with E-state index < -0.39 is 11.5 Å². The SMILES string of the molecule is NC1=NC23N(CCCC2(O)N1)C(=O)c1cc(Br)c(Br)n13. The number of carbonyl (C=O) groups is 1. The fraction of sp³-hybridized carbons (Fsp3) is 0.455. The summed E-state index contributed by atoms with van der Waals surface area (Å²) < 4.78 is 3.10. The molecule has 7 nitrogen and oxygen atoms in total. The highest BCUT2D eigenvalue weighted by molar-refractivity contribution is 9.13. The monoisotopic (exact) mass is 403 g/mol. The average molecular weight is 405 g/mol. The van der Waals surface area contributed by atoms with Gasteiger partial charge in [-0.1, -0.05) is 0 Å². The number of rotatable bonds is 0. The highest BCUT2D eigenvalue weighted by Gasteiger charge is 2.68. The number of nitrogens with one attached hydrogen (secondary N) is 1. The normalized spacial score (nSPS) is 34.5. The van der Waals surface area contributed by atoms with Gasteiger partial charge < -0.3 is 16.2 Å². The lowest BCUT2D eigenvalue weighted by Gasteiger charge is -2.47. The van der Waals surface area contributed by atoms with E-state index in [1.54, 1.807) is 15.5 Å². The number of guanidine groups is 1. The minimum atomic E-state index is -1.39. The zero-order valence-corrected chi connectivity index (χ0v) is 13.4. The Hall–Kier alpha value is -1.06. The molecule has 1 saturated heterocycles. The molecule has 106 valence electrons. The van der Waals surface area contributed by atoms with Crippen LogP contribution in [-0.2, 0) is 5.79 Å². The highest BCUT2D eigenvalue weighted by Crippen LogP contribution is 2.51. The number of carbonyl (C=O) groups excluding carboxylic acids is 1. The quantitative estimate of drug-likeness (QED) is 0.586. The molecule has 1 aromatic rings. The number of aliphatic hydroxyl groups is 1. The summed E-state index contributed by atoms with van der Waals surface area (Å²) in [6.45, 7) is 0.533. The number of nitrogens with two attached hydrogens (primary N) is 1. The van der Waals surface area contributed by atoms with E-state index in [9.17, 15) is 9.90 Å². The second kappa shape index (κ2) is 3.58. The molecule has 4 heterocycles. The van der Waals surface area contributed by atoms with Gasteiger partial charge in [0.25, 0.3) is 11.7 Å². The Labute approximate surface area is 131 Å². The summed E-state index contributed by atoms with van der Waals surface area (Å²) in [6, 6.07) is 1.73. The topological polar surface area (TPSA) is 95.9 Å². The summed E-state index contributed by atoms with van der Waals surface area (Å²) in [5, 5.41) is 13.8. The largest absolute Gasteiger partial charge is 0.370 e. The Balaban J connectivity index is 2.08. The van der Waals surface area contributed by atoms with Crippen LogP contribution in [-0.4, -0.2) is 38.7 Å². The van der Waals surface area contributed by atoms with Gasteiger partial charge in [0.15, 0.2) is 5.96 Å². The summed E-state index contributed by atoms with van der Waals surface area (Å²) >= 11 is 6.85. The van der Waals surface area contributed by atoms with E-state index in [1.165, 1.54) is 0 Å². The number of piperidine rings is 1. The standard InChI is InChI=1S/C11H11Br2N5O2/c12-5-4-6-8(19)17-3-1-2-10(20)11(17,16-9(14)15-10)18(6)7(5)13/h4,20H,1-3H2,(H3,14,15,16). The van der Waals surface area contributed by atoms with Crippen molar-refractivity contribution in [1.82, 2.24) is 14.8 Å². The highest BCUT2D eigenvalue weighted by atomic mass is 79.9. The first kappa shape index (κ1) is 12.7. The van der Waals surface area contributed by atoms with Crippen LogP contribution in [0, 0.1) is 0 Å². The van der Waals surface area contributed by atoms with E-state index >= 15 is 0 Å². The van der Waals surface area contributed by atoms with Crippen LogP contribution in [0.25, 0.3) is 0 Å². The van der Waals surface area contributed by atoms with Gasteiger partial charge in [-0.2, -0.15) is 4.99 Å². The molecule has 3 aliphatic heterocycles. The molecule has 3 aliphatic rings. The van der Waals surface area contributed by atoms with Crippen molar-refractivity contribution in [3.63, 3.8) is 0 Å². The Bertz CT molecular complexity index is 687. The van der Waals surface area contributed by atoms with E-state index in [2.05, 4.69) is 42.2 Å². The minimum absolute atomic E-state index is 0.136. The van der Waals surface area contributed by atoms with Crippen molar-refractivity contribution in [2.45, 2.75) is 24.4 Å². The number of halogens is 2. The summed E-state index contributed by atoms with van der Waals surface area (Å²) in [5.41, 5.74) is 4.88. The predicted molar refractivity (Wildman–Crippen MR) is 77.8 cm³/mol. The number of fused-ring (bicyclic) bond motifs is 1. The van der Waals surface area contributed by atoms with Crippen molar-refractivity contribution in [3.05, 3.63) is 20.8 Å². The maximum Gasteiger partial charge on any atom is 0.274 e. The van der Waals surface area contributed by atoms with Crippen molar-refractivity contribution in [2.24, 2.45) is 10.7 Å². The van der Waals surface area contributed by atoms with E-state index in [0.717, 1.165) is 4.47 Å². The molecule has 9 heteroatoms. The molecule has 1 spiro atoms. The number of aliphatic imine (C=N–C) groups is 1. The Morgan fingerprint density at radius 3 is 3.00 bits per heavy atom. The van der Waals surface area contributed by atoms with Crippen LogP contribution in [0.5, 0.6) is 0 Å². The molecular weight excluding hydrogens is 394 g/mol. The zero-order valence-electron chi connectivity index (χ0n) is 10.2. The average Bonchev–Trinajstić information content (AvgIpc) is 2.90. The zero-order chi connectivity index (χ0) is 14.3. The van der Waals surface area contributed by atoms with Crippen molar-refractivity contribution in [3.8, 4) is 0 Å². The van der Waals surface area contributed by atoms with Crippen molar-refractivity contribution >= 4 is 43.7 Å². The number of hydrogen-bond acceptors (Lipinski definition) is 5. The first-order valence-electron chi connectivity index (χ1n) is 6.16. The van der Waals surface area contributed by atoms with Crippen molar-refractivity contribution in [2.75, 3.05) is 6.54 Å². The predicted octanol–water partition coefficient (Wildman–Crippen LogP) is 0.479. The lowest BCUT2D eigenvalue weighted by atomic mass is 9.94. The minimum Gasteiger partial charge on any atom is -0.370 e. The second-order valence-electron chi connectivity index (χ2n) is 5.18. The lowest BCUT2D eigenvalue weighted by molar-refractivity contribution is -0.157. The van der Waals surface area contributed by atoms with Gasteiger partial charge in [-0.25, -0.2) is 0 Å². The Kier molecular flexibility index (Phi) is 2.26. The molecule has 1 aromatic heterocycles. The molecule has 0 aromatic carbocycles. The maximum atomic E-state index is 12.6. The summed E-state index contributed by atoms with van der Waals surface area (Å²) in [5.74, 6) is -1.27. The smallest absolute Gasteiger partial charge is 0.274 e. The fourth-order valence-electron chi connectivity index (χ4n) is 3.40. The van der Waals surface area contributed by atoms with Crippen LogP contribution >= 0.6 is 31.9 Å².